The van der Waals surface area contributed by atoms with Crippen LogP contribution in [-0.2, 0) is 40.4 Å². The monoisotopic (exact) mass is 544 g/mol. The summed E-state index contributed by atoms with van der Waals surface area (Å²) in [5.41, 5.74) is -2.55. The lowest BCUT2D eigenvalue weighted by atomic mass is 9.47. The summed E-state index contributed by atoms with van der Waals surface area (Å²) in [6.07, 6.45) is 2.04. The molecule has 3 N–H and O–H groups in total. The fraction of sp³-hybridized carbons (Fsp3) is 0.679. The Morgan fingerprint density at radius 2 is 1.92 bits per heavy atom. The normalized spacial score (nSPS) is 32.8. The van der Waals surface area contributed by atoms with Gasteiger partial charge in [0.25, 0.3) is 0 Å². The molecule has 2 aliphatic heterocycles. The largest absolute Gasteiger partial charge is 0.504 e. The molecule has 2 bridgehead atoms. The highest BCUT2D eigenvalue weighted by Gasteiger charge is 2.75. The summed E-state index contributed by atoms with van der Waals surface area (Å²) in [7, 11) is 3.95. The zero-order valence-corrected chi connectivity index (χ0v) is 22.5. The SMILES string of the molecule is COCC(COC)(NC(=O)C1C[C@@]2(O)[C@H]3Cc4ccc(O)c5c4[C@@]2(CCN3CC2CC2)[C@@H](O5)C1=O)C(=O)OC. The van der Waals surface area contributed by atoms with Crippen molar-refractivity contribution in [2.75, 3.05) is 47.6 Å². The van der Waals surface area contributed by atoms with Gasteiger partial charge in [-0.2, -0.15) is 0 Å². The number of phenolic OH excluding ortho intramolecular Hbond substituents is 1. The van der Waals surface area contributed by atoms with Gasteiger partial charge >= 0.3 is 5.97 Å². The highest BCUT2D eigenvalue weighted by molar-refractivity contribution is 6.07. The van der Waals surface area contributed by atoms with Crippen molar-refractivity contribution in [2.24, 2.45) is 11.8 Å². The van der Waals surface area contributed by atoms with Gasteiger partial charge < -0.3 is 34.5 Å². The number of aromatic hydroxyl groups is 1. The van der Waals surface area contributed by atoms with Crippen molar-refractivity contribution in [3.05, 3.63) is 23.3 Å². The second-order valence-electron chi connectivity index (χ2n) is 11.8. The summed E-state index contributed by atoms with van der Waals surface area (Å²) in [6, 6.07) is 3.10. The summed E-state index contributed by atoms with van der Waals surface area (Å²) in [5.74, 6) is -2.56. The average Bonchev–Trinajstić information content (AvgIpc) is 3.65. The molecule has 2 saturated carbocycles. The molecular weight excluding hydrogens is 508 g/mol. The molecule has 39 heavy (non-hydrogen) atoms. The Morgan fingerprint density at radius 3 is 2.56 bits per heavy atom. The number of nitrogens with one attached hydrogen (secondary N) is 1. The first kappa shape index (κ1) is 26.5. The van der Waals surface area contributed by atoms with Crippen LogP contribution in [0.3, 0.4) is 0 Å². The van der Waals surface area contributed by atoms with Crippen LogP contribution < -0.4 is 10.1 Å². The number of hydrogen-bond donors (Lipinski definition) is 3. The molecular formula is C28H36N2O9. The van der Waals surface area contributed by atoms with Gasteiger partial charge in [-0.05, 0) is 56.2 Å². The Bertz CT molecular complexity index is 1210. The number of methoxy groups -OCH3 is 3. The number of rotatable bonds is 9. The van der Waals surface area contributed by atoms with E-state index in [1.807, 2.05) is 6.07 Å². The molecule has 5 atom stereocenters. The Kier molecular flexibility index (Phi) is 6.22. The van der Waals surface area contributed by atoms with Crippen LogP contribution in [-0.4, -0.2) is 104 Å². The second kappa shape index (κ2) is 9.15. The number of ether oxygens (including phenoxy) is 4. The number of piperidine rings is 1. The number of ketones is 1. The van der Waals surface area contributed by atoms with E-state index in [2.05, 4.69) is 10.2 Å². The van der Waals surface area contributed by atoms with Crippen molar-refractivity contribution < 1.29 is 43.5 Å². The maximum atomic E-state index is 14.1. The minimum absolute atomic E-state index is 0.0857. The number of hydrogen-bond acceptors (Lipinski definition) is 10. The highest BCUT2D eigenvalue weighted by atomic mass is 16.5. The summed E-state index contributed by atoms with van der Waals surface area (Å²) in [4.78, 5) is 43.0. The van der Waals surface area contributed by atoms with Gasteiger partial charge in [-0.15, -0.1) is 0 Å². The predicted molar refractivity (Wildman–Crippen MR) is 135 cm³/mol. The number of nitrogens with zero attached hydrogens (tertiary/aromatic N) is 1. The molecule has 2 heterocycles. The van der Waals surface area contributed by atoms with Crippen LogP contribution in [0.1, 0.15) is 36.8 Å². The van der Waals surface area contributed by atoms with Crippen molar-refractivity contribution in [1.29, 1.82) is 0 Å². The van der Waals surface area contributed by atoms with Gasteiger partial charge in [-0.1, -0.05) is 6.07 Å². The molecule has 1 amide bonds. The molecule has 1 aromatic carbocycles. The van der Waals surface area contributed by atoms with E-state index in [0.29, 0.717) is 30.9 Å². The third-order valence-electron chi connectivity index (χ3n) is 9.67. The zero-order chi connectivity index (χ0) is 27.7. The summed E-state index contributed by atoms with van der Waals surface area (Å²) >= 11 is 0. The van der Waals surface area contributed by atoms with Crippen LogP contribution in [0.5, 0.6) is 11.5 Å². The quantitative estimate of drug-likeness (QED) is 0.289. The number of Topliss-reactive ketones (excluding diaryl/α,β-unsaturated/α-hetero) is 1. The lowest BCUT2D eigenvalue weighted by Crippen LogP contribution is -2.79. The lowest BCUT2D eigenvalue weighted by Gasteiger charge is -2.63. The molecule has 0 radical (unpaired) electrons. The topological polar surface area (TPSA) is 144 Å². The lowest BCUT2D eigenvalue weighted by molar-refractivity contribution is -0.199. The number of esters is 1. The van der Waals surface area contributed by atoms with Gasteiger partial charge in [0, 0.05) is 32.4 Å². The Balaban J connectivity index is 1.41. The maximum Gasteiger partial charge on any atom is 0.336 e. The van der Waals surface area contributed by atoms with E-state index in [4.69, 9.17) is 18.9 Å². The van der Waals surface area contributed by atoms with Gasteiger partial charge in [-0.3, -0.25) is 14.5 Å². The molecule has 1 unspecified atom stereocenters. The first-order valence-corrected chi connectivity index (χ1v) is 13.6. The molecule has 3 fully saturated rings. The zero-order valence-electron chi connectivity index (χ0n) is 22.5. The number of carbonyl (C=O) groups is 3. The molecule has 212 valence electrons. The molecule has 3 aliphatic carbocycles. The van der Waals surface area contributed by atoms with Crippen molar-refractivity contribution in [3.8, 4) is 11.5 Å². The van der Waals surface area contributed by atoms with Crippen LogP contribution >= 0.6 is 0 Å². The van der Waals surface area contributed by atoms with E-state index < -0.39 is 46.2 Å². The van der Waals surface area contributed by atoms with Crippen molar-refractivity contribution in [2.45, 2.75) is 60.8 Å². The standard InChI is InChI=1S/C28H36N2O9/c1-36-13-26(14-37-2,25(34)38-3)29-24(33)17-11-28(35)19-10-16-6-7-18(31)22-20(16)27(28,23(39-22)21(17)32)8-9-30(19)12-15-4-5-15/h6-7,15,17,19,23,31,35H,4-5,8-14H2,1-3H3,(H,29,33)/t17?,19-,23+,27+,28-/m1/s1. The smallest absolute Gasteiger partial charge is 0.336 e. The number of benzene rings is 1. The summed E-state index contributed by atoms with van der Waals surface area (Å²) < 4.78 is 21.6. The van der Waals surface area contributed by atoms with Gasteiger partial charge in [0.2, 0.25) is 5.91 Å². The molecule has 0 aromatic heterocycles. The Hall–Kier alpha value is -2.73. The fourth-order valence-corrected chi connectivity index (χ4v) is 7.82. The van der Waals surface area contributed by atoms with Crippen molar-refractivity contribution >= 4 is 17.7 Å². The van der Waals surface area contributed by atoms with Gasteiger partial charge in [0.15, 0.2) is 28.9 Å². The maximum absolute atomic E-state index is 14.1. The highest BCUT2D eigenvalue weighted by Crippen LogP contribution is 2.65. The van der Waals surface area contributed by atoms with E-state index in [0.717, 1.165) is 24.9 Å². The van der Waals surface area contributed by atoms with Crippen molar-refractivity contribution in [3.63, 3.8) is 0 Å². The van der Waals surface area contributed by atoms with Gasteiger partial charge in [0.1, 0.15) is 5.92 Å². The Morgan fingerprint density at radius 1 is 1.21 bits per heavy atom. The van der Waals surface area contributed by atoms with Crippen LogP contribution in [0.15, 0.2) is 12.1 Å². The van der Waals surface area contributed by atoms with Crippen LogP contribution in [0, 0.1) is 11.8 Å². The molecule has 11 heteroatoms. The molecule has 11 nitrogen and oxygen atoms in total. The minimum Gasteiger partial charge on any atom is -0.504 e. The van der Waals surface area contributed by atoms with E-state index >= 15 is 0 Å². The molecule has 1 saturated heterocycles. The van der Waals surface area contributed by atoms with E-state index in [-0.39, 0.29) is 37.2 Å². The van der Waals surface area contributed by atoms with E-state index in [1.54, 1.807) is 6.07 Å². The Labute approximate surface area is 226 Å². The molecule has 5 aliphatic rings. The number of aliphatic hydroxyl groups is 1. The van der Waals surface area contributed by atoms with Crippen LogP contribution in [0.4, 0.5) is 0 Å². The second-order valence-corrected chi connectivity index (χ2v) is 11.8. The first-order valence-electron chi connectivity index (χ1n) is 13.6. The molecule has 6 rings (SSSR count). The number of likely N-dealkylation sites (tertiary alicyclic amines) is 1. The van der Waals surface area contributed by atoms with E-state index in [9.17, 15) is 24.6 Å². The number of carbonyl (C=O) groups excluding carboxylic acids is 3. The fourth-order valence-electron chi connectivity index (χ4n) is 7.82. The van der Waals surface area contributed by atoms with Crippen molar-refractivity contribution in [1.82, 2.24) is 10.2 Å². The molecule has 1 aromatic rings. The first-order chi connectivity index (χ1) is 18.7. The summed E-state index contributed by atoms with van der Waals surface area (Å²) in [6.45, 7) is 1.06. The third kappa shape index (κ3) is 3.59. The molecule has 1 spiro atoms. The van der Waals surface area contributed by atoms with E-state index in [1.165, 1.54) is 21.3 Å². The number of amides is 1. The minimum atomic E-state index is -1.68. The van der Waals surface area contributed by atoms with Gasteiger partial charge in [-0.25, -0.2) is 4.79 Å². The third-order valence-corrected chi connectivity index (χ3v) is 9.67. The summed E-state index contributed by atoms with van der Waals surface area (Å²) in [5, 5.41) is 26.1. The number of phenols is 1. The van der Waals surface area contributed by atoms with Crippen LogP contribution in [0.25, 0.3) is 0 Å². The average molecular weight is 545 g/mol. The van der Waals surface area contributed by atoms with Gasteiger partial charge in [0.05, 0.1) is 31.3 Å². The predicted octanol–water partition coefficient (Wildman–Crippen LogP) is 0.0723. The van der Waals surface area contributed by atoms with Crippen LogP contribution in [0.2, 0.25) is 0 Å².